The Labute approximate surface area is 99.6 Å². The van der Waals surface area contributed by atoms with E-state index in [9.17, 15) is 22.8 Å². The molecule has 0 aliphatic carbocycles. The van der Waals surface area contributed by atoms with Crippen LogP contribution < -0.4 is 10.6 Å². The molecule has 0 unspecified atom stereocenters. The molecule has 0 fully saturated rings. The molecule has 8 heteroatoms. The molecule has 1 rings (SSSR count). The van der Waals surface area contributed by atoms with Crippen molar-refractivity contribution in [1.29, 1.82) is 0 Å². The van der Waals surface area contributed by atoms with Gasteiger partial charge >= 0.3 is 12.0 Å². The summed E-state index contributed by atoms with van der Waals surface area (Å²) in [6, 6.07) is 1.96. The SMILES string of the molecule is O=C(NCC(F)F)Nc1ccc(C(=O)O)c(F)c1. The van der Waals surface area contributed by atoms with Crippen molar-refractivity contribution in [3.8, 4) is 0 Å². The van der Waals surface area contributed by atoms with Gasteiger partial charge in [0.05, 0.1) is 12.1 Å². The van der Waals surface area contributed by atoms with E-state index in [1.807, 2.05) is 5.32 Å². The van der Waals surface area contributed by atoms with Crippen LogP contribution in [0.3, 0.4) is 0 Å². The molecule has 0 atom stereocenters. The van der Waals surface area contributed by atoms with Gasteiger partial charge in [-0.2, -0.15) is 0 Å². The lowest BCUT2D eigenvalue weighted by molar-refractivity contribution is 0.0692. The maximum atomic E-state index is 13.2. The number of carboxylic acids is 1. The van der Waals surface area contributed by atoms with Crippen LogP contribution in [0.4, 0.5) is 23.7 Å². The largest absolute Gasteiger partial charge is 0.478 e. The van der Waals surface area contributed by atoms with Crippen molar-refractivity contribution in [3.63, 3.8) is 0 Å². The molecule has 1 aromatic carbocycles. The molecule has 0 saturated heterocycles. The van der Waals surface area contributed by atoms with Crippen molar-refractivity contribution in [2.45, 2.75) is 6.43 Å². The second-order valence-corrected chi connectivity index (χ2v) is 3.23. The van der Waals surface area contributed by atoms with Gasteiger partial charge in [-0.1, -0.05) is 0 Å². The number of halogens is 3. The third-order valence-corrected chi connectivity index (χ3v) is 1.87. The molecule has 5 nitrogen and oxygen atoms in total. The molecule has 1 aromatic rings. The molecule has 2 amide bonds. The van der Waals surface area contributed by atoms with Crippen LogP contribution in [0.5, 0.6) is 0 Å². The molecule has 0 bridgehead atoms. The minimum Gasteiger partial charge on any atom is -0.478 e. The van der Waals surface area contributed by atoms with Crippen molar-refractivity contribution in [2.24, 2.45) is 0 Å². The highest BCUT2D eigenvalue weighted by Gasteiger charge is 2.12. The van der Waals surface area contributed by atoms with Gasteiger partial charge in [-0.05, 0) is 18.2 Å². The summed E-state index contributed by atoms with van der Waals surface area (Å²) in [5, 5.41) is 12.5. The number of aromatic carboxylic acids is 1. The summed E-state index contributed by atoms with van der Waals surface area (Å²) in [6.45, 7) is -0.832. The summed E-state index contributed by atoms with van der Waals surface area (Å²) in [5.41, 5.74) is -0.585. The van der Waals surface area contributed by atoms with Gasteiger partial charge in [-0.3, -0.25) is 0 Å². The van der Waals surface area contributed by atoms with Crippen molar-refractivity contribution in [1.82, 2.24) is 5.32 Å². The first-order valence-electron chi connectivity index (χ1n) is 4.76. The maximum absolute atomic E-state index is 13.2. The molecule has 18 heavy (non-hydrogen) atoms. The average Bonchev–Trinajstić information content (AvgIpc) is 2.26. The van der Waals surface area contributed by atoms with Crippen LogP contribution in [0, 0.1) is 5.82 Å². The number of hydrogen-bond acceptors (Lipinski definition) is 2. The first kappa shape index (κ1) is 13.8. The van der Waals surface area contributed by atoms with E-state index in [0.717, 1.165) is 18.2 Å². The Bertz CT molecular complexity index is 466. The van der Waals surface area contributed by atoms with E-state index in [1.165, 1.54) is 0 Å². The van der Waals surface area contributed by atoms with Gasteiger partial charge in [-0.25, -0.2) is 22.8 Å². The fourth-order valence-corrected chi connectivity index (χ4v) is 1.11. The highest BCUT2D eigenvalue weighted by Crippen LogP contribution is 2.14. The number of carbonyl (C=O) groups excluding carboxylic acids is 1. The number of amides is 2. The van der Waals surface area contributed by atoms with Crippen LogP contribution in [0.25, 0.3) is 0 Å². The normalized spacial score (nSPS) is 10.2. The van der Waals surface area contributed by atoms with E-state index >= 15 is 0 Å². The van der Waals surface area contributed by atoms with E-state index in [4.69, 9.17) is 5.11 Å². The number of hydrogen-bond donors (Lipinski definition) is 3. The number of nitrogens with one attached hydrogen (secondary N) is 2. The predicted molar refractivity (Wildman–Crippen MR) is 56.4 cm³/mol. The molecular formula is C10H9F3N2O3. The van der Waals surface area contributed by atoms with Gasteiger partial charge in [0.15, 0.2) is 0 Å². The zero-order valence-corrected chi connectivity index (χ0v) is 8.91. The molecule has 0 saturated carbocycles. The van der Waals surface area contributed by atoms with Crippen LogP contribution in [0.1, 0.15) is 10.4 Å². The lowest BCUT2D eigenvalue weighted by Crippen LogP contribution is -2.32. The van der Waals surface area contributed by atoms with Gasteiger partial charge in [0.1, 0.15) is 5.82 Å². The van der Waals surface area contributed by atoms with E-state index in [-0.39, 0.29) is 5.69 Å². The number of carboxylic acid groups (broad SMARTS) is 1. The Morgan fingerprint density at radius 1 is 1.33 bits per heavy atom. The third-order valence-electron chi connectivity index (χ3n) is 1.87. The first-order valence-corrected chi connectivity index (χ1v) is 4.76. The number of alkyl halides is 2. The van der Waals surface area contributed by atoms with Crippen LogP contribution in [-0.4, -0.2) is 30.1 Å². The second kappa shape index (κ2) is 5.89. The Kier molecular flexibility index (Phi) is 4.52. The maximum Gasteiger partial charge on any atom is 0.338 e. The van der Waals surface area contributed by atoms with E-state index < -0.39 is 36.4 Å². The molecule has 98 valence electrons. The number of urea groups is 1. The average molecular weight is 262 g/mol. The van der Waals surface area contributed by atoms with E-state index in [0.29, 0.717) is 0 Å². The number of rotatable bonds is 4. The predicted octanol–water partition coefficient (Wildman–Crippen LogP) is 1.91. The summed E-state index contributed by atoms with van der Waals surface area (Å²) in [4.78, 5) is 21.6. The van der Waals surface area contributed by atoms with Crippen molar-refractivity contribution in [2.75, 3.05) is 11.9 Å². The summed E-state index contributed by atoms with van der Waals surface area (Å²) >= 11 is 0. The molecule has 0 aliphatic heterocycles. The van der Waals surface area contributed by atoms with Crippen molar-refractivity contribution in [3.05, 3.63) is 29.6 Å². The minimum atomic E-state index is -2.69. The molecule has 0 aromatic heterocycles. The van der Waals surface area contributed by atoms with E-state index in [2.05, 4.69) is 5.32 Å². The van der Waals surface area contributed by atoms with Gasteiger partial charge in [0.2, 0.25) is 0 Å². The lowest BCUT2D eigenvalue weighted by Gasteiger charge is -2.07. The van der Waals surface area contributed by atoms with Crippen molar-refractivity contribution < 1.29 is 27.9 Å². The molecule has 0 aliphatic rings. The lowest BCUT2D eigenvalue weighted by atomic mass is 10.2. The first-order chi connectivity index (χ1) is 8.40. The van der Waals surface area contributed by atoms with Crippen LogP contribution in [0.2, 0.25) is 0 Å². The van der Waals surface area contributed by atoms with Gasteiger partial charge < -0.3 is 15.7 Å². The monoisotopic (exact) mass is 262 g/mol. The zero-order chi connectivity index (χ0) is 13.7. The summed E-state index contributed by atoms with van der Waals surface area (Å²) in [7, 11) is 0. The Hall–Kier alpha value is -2.25. The van der Waals surface area contributed by atoms with Gasteiger partial charge in [0.25, 0.3) is 6.43 Å². The molecule has 0 radical (unpaired) electrons. The Morgan fingerprint density at radius 2 is 2.00 bits per heavy atom. The summed E-state index contributed by atoms with van der Waals surface area (Å²) in [6.07, 6.45) is -2.69. The van der Waals surface area contributed by atoms with Gasteiger partial charge in [0, 0.05) is 5.69 Å². The zero-order valence-electron chi connectivity index (χ0n) is 8.91. The van der Waals surface area contributed by atoms with E-state index in [1.54, 1.807) is 0 Å². The second-order valence-electron chi connectivity index (χ2n) is 3.23. The highest BCUT2D eigenvalue weighted by molar-refractivity contribution is 5.91. The van der Waals surface area contributed by atoms with Gasteiger partial charge in [-0.15, -0.1) is 0 Å². The summed E-state index contributed by atoms with van der Waals surface area (Å²) in [5.74, 6) is -2.48. The minimum absolute atomic E-state index is 0.0377. The van der Waals surface area contributed by atoms with Crippen molar-refractivity contribution >= 4 is 17.7 Å². The highest BCUT2D eigenvalue weighted by atomic mass is 19.3. The topological polar surface area (TPSA) is 78.4 Å². The fourth-order valence-electron chi connectivity index (χ4n) is 1.11. The Morgan fingerprint density at radius 3 is 2.50 bits per heavy atom. The van der Waals surface area contributed by atoms with Crippen LogP contribution in [-0.2, 0) is 0 Å². The molecule has 0 spiro atoms. The van der Waals surface area contributed by atoms with Crippen LogP contribution in [0.15, 0.2) is 18.2 Å². The summed E-state index contributed by atoms with van der Waals surface area (Å²) < 4.78 is 36.7. The molecule has 0 heterocycles. The molecule has 3 N–H and O–H groups in total. The number of anilines is 1. The quantitative estimate of drug-likeness (QED) is 0.775. The molecular weight excluding hydrogens is 253 g/mol. The standard InChI is InChI=1S/C10H9F3N2O3/c11-7-3-5(1-2-6(7)9(16)17)15-10(18)14-4-8(12)13/h1-3,8H,4H2,(H,16,17)(H2,14,15,18). The smallest absolute Gasteiger partial charge is 0.338 e. The van der Waals surface area contributed by atoms with Crippen LogP contribution >= 0.6 is 0 Å². The number of benzene rings is 1. The fraction of sp³-hybridized carbons (Fsp3) is 0.200. The Balaban J connectivity index is 2.66. The third kappa shape index (κ3) is 3.96. The number of carbonyl (C=O) groups is 2.